The summed E-state index contributed by atoms with van der Waals surface area (Å²) in [6, 6.07) is 0. The molecule has 0 N–H and O–H groups in total. The molecule has 0 heterocycles. The molecule has 0 atom stereocenters. The van der Waals surface area contributed by atoms with Crippen LogP contribution in [0.5, 0.6) is 0 Å². The molecule has 0 rings (SSSR count). The Morgan fingerprint density at radius 3 is 0.800 bits per heavy atom. The van der Waals surface area contributed by atoms with Crippen LogP contribution >= 0.6 is 18.8 Å². The second-order valence-corrected chi connectivity index (χ2v) is 0. The van der Waals surface area contributed by atoms with Crippen LogP contribution in [-0.4, -0.2) is 0 Å². The van der Waals surface area contributed by atoms with Gasteiger partial charge in [-0.1, -0.05) is 0 Å². The first kappa shape index (κ1) is 15.6. The van der Waals surface area contributed by atoms with Gasteiger partial charge in [0.15, 0.2) is 0 Å². The Hall–Kier alpha value is 2.58. The third-order valence-corrected chi connectivity index (χ3v) is 0. The average molecular weight is 526 g/mol. The van der Waals surface area contributed by atoms with Crippen LogP contribution in [0.4, 0.5) is 0 Å². The summed E-state index contributed by atoms with van der Waals surface area (Å²) in [7, 11) is 9.22. The van der Waals surface area contributed by atoms with E-state index >= 15 is 0 Å². The summed E-state index contributed by atoms with van der Waals surface area (Å²) >= 11 is 3.22. The molecular formula is Cl2Pt2Zn. The van der Waals surface area contributed by atoms with E-state index in [-0.39, 0.29) is 19.5 Å². The monoisotopic (exact) mass is 524 g/mol. The summed E-state index contributed by atoms with van der Waals surface area (Å²) in [5.41, 5.74) is 0. The van der Waals surface area contributed by atoms with Crippen LogP contribution in [0, 0.1) is 0 Å². The van der Waals surface area contributed by atoms with Crippen LogP contribution in [-0.2, 0) is 57.0 Å². The third kappa shape index (κ3) is 20.7. The molecule has 0 aliphatic heterocycles. The topological polar surface area (TPSA) is 0 Å². The fourth-order valence-corrected chi connectivity index (χ4v) is 0. The van der Waals surface area contributed by atoms with E-state index < -0.39 is 0 Å². The summed E-state index contributed by atoms with van der Waals surface area (Å²) in [6.07, 6.45) is 0. The van der Waals surface area contributed by atoms with Crippen LogP contribution in [0.1, 0.15) is 0 Å². The zero-order valence-electron chi connectivity index (χ0n) is 2.10. The summed E-state index contributed by atoms with van der Waals surface area (Å²) in [5, 5.41) is 0. The molecule has 0 fully saturated rings. The van der Waals surface area contributed by atoms with Gasteiger partial charge in [0.1, 0.15) is 0 Å². The van der Waals surface area contributed by atoms with Crippen molar-refractivity contribution in [3.8, 4) is 0 Å². The Balaban J connectivity index is -0.0000000133. The summed E-state index contributed by atoms with van der Waals surface area (Å²) in [4.78, 5) is 0. The van der Waals surface area contributed by atoms with Crippen molar-refractivity contribution in [2.75, 3.05) is 0 Å². The Kier molecular flexibility index (Phi) is 96.3. The van der Waals surface area contributed by atoms with Crippen molar-refractivity contribution >= 4 is 18.8 Å². The maximum atomic E-state index is 4.61. The SMILES string of the molecule is [Cl][Pt-].[Cl][Pt-].[Zn+2]. The normalized spacial score (nSPS) is 2.80. The van der Waals surface area contributed by atoms with Crippen molar-refractivity contribution in [3.63, 3.8) is 0 Å². The van der Waals surface area contributed by atoms with Crippen LogP contribution < -0.4 is 0 Å². The standard InChI is InChI=1S/2ClH.2Pt.Zn/h2*1H;;;/q;;;;+2/p-2. The van der Waals surface area contributed by atoms with Crippen LogP contribution in [0.25, 0.3) is 0 Å². The second-order valence-electron chi connectivity index (χ2n) is 0. The molecule has 0 bridgehead atoms. The molecule has 0 aromatic carbocycles. The summed E-state index contributed by atoms with van der Waals surface area (Å²) in [6.45, 7) is 0. The van der Waals surface area contributed by atoms with Crippen LogP contribution in [0.3, 0.4) is 0 Å². The third-order valence-electron chi connectivity index (χ3n) is 0. The minimum absolute atomic E-state index is 0. The molecule has 0 aromatic rings. The van der Waals surface area contributed by atoms with E-state index in [1.165, 1.54) is 0 Å². The predicted octanol–water partition coefficient (Wildman–Crippen LogP) is 1.37. The summed E-state index contributed by atoms with van der Waals surface area (Å²) in [5.74, 6) is 0. The van der Waals surface area contributed by atoms with E-state index in [0.29, 0.717) is 0 Å². The van der Waals surface area contributed by atoms with Crippen molar-refractivity contribution in [1.29, 1.82) is 0 Å². The van der Waals surface area contributed by atoms with Crippen LogP contribution in [0.2, 0.25) is 0 Å². The van der Waals surface area contributed by atoms with Crippen molar-refractivity contribution in [1.82, 2.24) is 0 Å². The molecule has 0 saturated heterocycles. The van der Waals surface area contributed by atoms with E-state index in [2.05, 4.69) is 18.8 Å². The van der Waals surface area contributed by atoms with Crippen molar-refractivity contribution in [2.24, 2.45) is 0 Å². The van der Waals surface area contributed by atoms with Gasteiger partial charge in [-0.15, -0.1) is 0 Å². The first-order valence-electron chi connectivity index (χ1n) is 0.239. The molecule has 5 heteroatoms. The van der Waals surface area contributed by atoms with Gasteiger partial charge in [0, 0.05) is 0 Å². The van der Waals surface area contributed by atoms with Gasteiger partial charge in [-0.25, -0.2) is 0 Å². The molecule has 36 valence electrons. The Morgan fingerprint density at radius 2 is 0.800 bits per heavy atom. The maximum absolute atomic E-state index is 4.61. The number of hydrogen-bond acceptors (Lipinski definition) is 0. The molecule has 0 unspecified atom stereocenters. The van der Waals surface area contributed by atoms with Crippen molar-refractivity contribution in [2.45, 2.75) is 0 Å². The fraction of sp³-hybridized carbons (Fsp3) is 0. The zero-order valence-corrected chi connectivity index (χ0v) is 11.1. The molecule has 0 saturated carbocycles. The van der Waals surface area contributed by atoms with E-state index in [4.69, 9.17) is 0 Å². The molecule has 0 nitrogen and oxygen atoms in total. The molecule has 0 aromatic heterocycles. The first-order chi connectivity index (χ1) is 2.00. The van der Waals surface area contributed by atoms with E-state index in [1.54, 1.807) is 37.5 Å². The van der Waals surface area contributed by atoms with Gasteiger partial charge < -0.3 is 0 Å². The van der Waals surface area contributed by atoms with Gasteiger partial charge in [-0.3, -0.25) is 0 Å². The van der Waals surface area contributed by atoms with Gasteiger partial charge in [-0.2, -0.15) is 0 Å². The molecule has 0 aliphatic rings. The van der Waals surface area contributed by atoms with Gasteiger partial charge in [0.05, 0.1) is 0 Å². The van der Waals surface area contributed by atoms with E-state index in [0.717, 1.165) is 0 Å². The number of halogens is 2. The molecule has 0 radical (unpaired) electrons. The van der Waals surface area contributed by atoms with E-state index in [9.17, 15) is 0 Å². The number of rotatable bonds is 0. The van der Waals surface area contributed by atoms with Crippen molar-refractivity contribution in [3.05, 3.63) is 0 Å². The van der Waals surface area contributed by atoms with Gasteiger partial charge >= 0.3 is 75.9 Å². The predicted molar refractivity (Wildman–Crippen MR) is 11.7 cm³/mol. The molecular weight excluding hydrogens is 526 g/mol. The van der Waals surface area contributed by atoms with Crippen molar-refractivity contribution < 1.29 is 57.0 Å². The average Bonchev–Trinajstić information content (AvgIpc) is 1.50. The first-order valence-corrected chi connectivity index (χ1v) is 5.87. The molecule has 0 spiro atoms. The Bertz CT molecular complexity index is 7.61. The second kappa shape index (κ2) is 30.8. The minimum atomic E-state index is 0. The van der Waals surface area contributed by atoms with Gasteiger partial charge in [-0.05, 0) is 0 Å². The number of hydrogen-bond donors (Lipinski definition) is 0. The summed E-state index contributed by atoms with van der Waals surface area (Å²) < 4.78 is 0. The van der Waals surface area contributed by atoms with Gasteiger partial charge in [0.2, 0.25) is 0 Å². The minimum Gasteiger partial charge on any atom is 2.00 e. The zero-order chi connectivity index (χ0) is 4.00. The quantitative estimate of drug-likeness (QED) is 0.419. The smallest absolute Gasteiger partial charge is 2.00 e. The van der Waals surface area contributed by atoms with Crippen LogP contribution in [0.15, 0.2) is 0 Å². The van der Waals surface area contributed by atoms with Gasteiger partial charge in [0.25, 0.3) is 0 Å². The largest absolute Gasteiger partial charge is 2.00 e. The fourth-order valence-electron chi connectivity index (χ4n) is 0. The molecule has 5 heavy (non-hydrogen) atoms. The molecule has 0 amide bonds. The Morgan fingerprint density at radius 1 is 0.800 bits per heavy atom. The van der Waals surface area contributed by atoms with E-state index in [1.807, 2.05) is 0 Å². The Labute approximate surface area is 74.8 Å². The molecule has 0 aliphatic carbocycles. The maximum Gasteiger partial charge on any atom is 2.00 e.